The largest absolute Gasteiger partial charge is 0.313 e. The van der Waals surface area contributed by atoms with E-state index in [0.717, 1.165) is 18.5 Å². The topological polar surface area (TPSA) is 42.0 Å². The van der Waals surface area contributed by atoms with Crippen molar-refractivity contribution in [3.8, 4) is 0 Å². The lowest BCUT2D eigenvalue weighted by atomic mass is 10.3. The Labute approximate surface area is 92.8 Å². The minimum Gasteiger partial charge on any atom is -0.313 e. The first kappa shape index (κ1) is 10.8. The Morgan fingerprint density at radius 1 is 1.60 bits per heavy atom. The zero-order valence-corrected chi connectivity index (χ0v) is 9.72. The summed E-state index contributed by atoms with van der Waals surface area (Å²) in [5, 5.41) is 4.05. The Kier molecular flexibility index (Phi) is 3.49. The van der Waals surface area contributed by atoms with E-state index in [2.05, 4.69) is 10.3 Å². The Hall–Kier alpha value is -0.740. The Balaban J connectivity index is 1.98. The molecular formula is C11H16N2OS. The number of nitrogens with one attached hydrogen (secondary N) is 1. The van der Waals surface area contributed by atoms with Crippen LogP contribution in [-0.2, 0) is 10.8 Å². The van der Waals surface area contributed by atoms with Crippen LogP contribution in [0.4, 0.5) is 0 Å². The highest BCUT2D eigenvalue weighted by atomic mass is 32.2. The van der Waals surface area contributed by atoms with Gasteiger partial charge in [-0.05, 0) is 37.9 Å². The van der Waals surface area contributed by atoms with Gasteiger partial charge in [-0.1, -0.05) is 6.07 Å². The molecule has 15 heavy (non-hydrogen) atoms. The van der Waals surface area contributed by atoms with Gasteiger partial charge < -0.3 is 5.32 Å². The molecule has 0 saturated carbocycles. The van der Waals surface area contributed by atoms with Gasteiger partial charge in [0.1, 0.15) is 5.03 Å². The minimum atomic E-state index is -0.955. The van der Waals surface area contributed by atoms with Crippen molar-refractivity contribution in [3.63, 3.8) is 0 Å². The number of aryl methyl sites for hydroxylation is 1. The van der Waals surface area contributed by atoms with Crippen molar-refractivity contribution in [2.24, 2.45) is 0 Å². The van der Waals surface area contributed by atoms with E-state index in [1.165, 1.54) is 6.42 Å². The molecule has 1 aliphatic heterocycles. The van der Waals surface area contributed by atoms with Gasteiger partial charge in [-0.15, -0.1) is 0 Å². The predicted octanol–water partition coefficient (Wildman–Crippen LogP) is 1.25. The third kappa shape index (κ3) is 2.86. The summed E-state index contributed by atoms with van der Waals surface area (Å²) in [6.07, 6.45) is 4.11. The maximum absolute atomic E-state index is 11.9. The first-order valence-corrected chi connectivity index (χ1v) is 6.62. The van der Waals surface area contributed by atoms with Crippen LogP contribution in [0.25, 0.3) is 0 Å². The van der Waals surface area contributed by atoms with Crippen molar-refractivity contribution >= 4 is 10.8 Å². The second kappa shape index (κ2) is 4.86. The van der Waals surface area contributed by atoms with Crippen molar-refractivity contribution < 1.29 is 4.21 Å². The molecule has 3 nitrogen and oxygen atoms in total. The van der Waals surface area contributed by atoms with Crippen LogP contribution < -0.4 is 5.32 Å². The summed E-state index contributed by atoms with van der Waals surface area (Å²) in [7, 11) is -0.955. The predicted molar refractivity (Wildman–Crippen MR) is 61.3 cm³/mol. The van der Waals surface area contributed by atoms with Crippen LogP contribution in [0.1, 0.15) is 18.4 Å². The van der Waals surface area contributed by atoms with Gasteiger partial charge in [0.25, 0.3) is 0 Å². The highest BCUT2D eigenvalue weighted by Crippen LogP contribution is 2.10. The Bertz CT molecular complexity index is 344. The molecule has 1 aromatic heterocycles. The van der Waals surface area contributed by atoms with Gasteiger partial charge in [0, 0.05) is 18.0 Å². The van der Waals surface area contributed by atoms with E-state index in [-0.39, 0.29) is 0 Å². The average Bonchev–Trinajstić information content (AvgIpc) is 2.71. The molecule has 1 aromatic rings. The summed E-state index contributed by atoms with van der Waals surface area (Å²) < 4.78 is 11.9. The van der Waals surface area contributed by atoms with Crippen molar-refractivity contribution in [3.05, 3.63) is 23.9 Å². The van der Waals surface area contributed by atoms with Crippen LogP contribution in [0.15, 0.2) is 23.4 Å². The van der Waals surface area contributed by atoms with Crippen LogP contribution in [0, 0.1) is 6.92 Å². The van der Waals surface area contributed by atoms with Gasteiger partial charge in [0.15, 0.2) is 0 Å². The Morgan fingerprint density at radius 2 is 2.47 bits per heavy atom. The zero-order chi connectivity index (χ0) is 10.7. The van der Waals surface area contributed by atoms with Gasteiger partial charge in [-0.25, -0.2) is 4.98 Å². The van der Waals surface area contributed by atoms with E-state index < -0.39 is 10.8 Å². The third-order valence-corrected chi connectivity index (χ3v) is 4.05. The molecule has 0 bridgehead atoms. The molecule has 0 spiro atoms. The number of hydrogen-bond donors (Lipinski definition) is 1. The van der Waals surface area contributed by atoms with Crippen LogP contribution in [0.2, 0.25) is 0 Å². The number of rotatable bonds is 3. The molecule has 1 N–H and O–H groups in total. The SMILES string of the molecule is Cc1ccc([S@@](=O)C[C@H]2CCCN2)nc1. The molecule has 1 aliphatic rings. The van der Waals surface area contributed by atoms with E-state index in [1.54, 1.807) is 6.20 Å². The molecule has 2 rings (SSSR count). The van der Waals surface area contributed by atoms with Crippen molar-refractivity contribution in [2.75, 3.05) is 12.3 Å². The number of nitrogens with zero attached hydrogens (tertiary/aromatic N) is 1. The molecule has 2 heterocycles. The molecule has 0 radical (unpaired) electrons. The van der Waals surface area contributed by atoms with Gasteiger partial charge >= 0.3 is 0 Å². The van der Waals surface area contributed by atoms with Gasteiger partial charge in [-0.3, -0.25) is 4.21 Å². The van der Waals surface area contributed by atoms with Gasteiger partial charge in [0.2, 0.25) is 0 Å². The minimum absolute atomic E-state index is 0.411. The zero-order valence-electron chi connectivity index (χ0n) is 8.90. The molecule has 1 saturated heterocycles. The summed E-state index contributed by atoms with van der Waals surface area (Å²) in [4.78, 5) is 4.19. The molecule has 0 amide bonds. The monoisotopic (exact) mass is 224 g/mol. The fourth-order valence-electron chi connectivity index (χ4n) is 1.76. The molecule has 1 fully saturated rings. The normalized spacial score (nSPS) is 22.9. The molecule has 0 aliphatic carbocycles. The van der Waals surface area contributed by atoms with E-state index in [0.29, 0.717) is 16.8 Å². The van der Waals surface area contributed by atoms with E-state index in [1.807, 2.05) is 19.1 Å². The first-order valence-electron chi connectivity index (χ1n) is 5.30. The maximum atomic E-state index is 11.9. The number of pyridine rings is 1. The highest BCUT2D eigenvalue weighted by molar-refractivity contribution is 7.85. The van der Waals surface area contributed by atoms with Crippen molar-refractivity contribution in [2.45, 2.75) is 30.8 Å². The summed E-state index contributed by atoms with van der Waals surface area (Å²) in [6.45, 7) is 3.04. The lowest BCUT2D eigenvalue weighted by Crippen LogP contribution is -2.27. The standard InChI is InChI=1S/C11H16N2OS/c1-9-4-5-11(13-7-9)15(14)8-10-3-2-6-12-10/h4-5,7,10,12H,2-3,6,8H2,1H3/t10-,15+/m1/s1. The third-order valence-electron chi connectivity index (χ3n) is 2.63. The summed E-state index contributed by atoms with van der Waals surface area (Å²) >= 11 is 0. The lowest BCUT2D eigenvalue weighted by molar-refractivity contribution is 0.641. The smallest absolute Gasteiger partial charge is 0.127 e. The molecule has 82 valence electrons. The molecule has 4 heteroatoms. The highest BCUT2D eigenvalue weighted by Gasteiger charge is 2.18. The fourth-order valence-corrected chi connectivity index (χ4v) is 2.97. The molecule has 2 atom stereocenters. The van der Waals surface area contributed by atoms with Crippen molar-refractivity contribution in [1.29, 1.82) is 0 Å². The van der Waals surface area contributed by atoms with Gasteiger partial charge in [0.05, 0.1) is 10.8 Å². The van der Waals surface area contributed by atoms with Crippen LogP contribution in [0.5, 0.6) is 0 Å². The number of aromatic nitrogens is 1. The second-order valence-electron chi connectivity index (χ2n) is 3.98. The van der Waals surface area contributed by atoms with E-state index >= 15 is 0 Å². The average molecular weight is 224 g/mol. The number of hydrogen-bond acceptors (Lipinski definition) is 3. The summed E-state index contributed by atoms with van der Waals surface area (Å²) in [5.74, 6) is 0.691. The van der Waals surface area contributed by atoms with Crippen LogP contribution >= 0.6 is 0 Å². The molecule has 0 aromatic carbocycles. The van der Waals surface area contributed by atoms with Crippen LogP contribution in [-0.4, -0.2) is 27.5 Å². The second-order valence-corrected chi connectivity index (χ2v) is 5.42. The van der Waals surface area contributed by atoms with E-state index in [9.17, 15) is 4.21 Å². The van der Waals surface area contributed by atoms with Crippen molar-refractivity contribution in [1.82, 2.24) is 10.3 Å². The van der Waals surface area contributed by atoms with Crippen LogP contribution in [0.3, 0.4) is 0 Å². The Morgan fingerprint density at radius 3 is 3.07 bits per heavy atom. The lowest BCUT2D eigenvalue weighted by Gasteiger charge is -2.08. The maximum Gasteiger partial charge on any atom is 0.127 e. The summed E-state index contributed by atoms with van der Waals surface area (Å²) in [5.41, 5.74) is 1.11. The van der Waals surface area contributed by atoms with E-state index in [4.69, 9.17) is 0 Å². The molecular weight excluding hydrogens is 208 g/mol. The summed E-state index contributed by atoms with van der Waals surface area (Å²) in [6, 6.07) is 4.23. The first-order chi connectivity index (χ1) is 7.25. The van der Waals surface area contributed by atoms with Gasteiger partial charge in [-0.2, -0.15) is 0 Å². The fraction of sp³-hybridized carbons (Fsp3) is 0.545. The molecule has 0 unspecified atom stereocenters. The quantitative estimate of drug-likeness (QED) is 0.840.